The molecule has 31 heavy (non-hydrogen) atoms. The van der Waals surface area contributed by atoms with Crippen molar-refractivity contribution in [1.82, 2.24) is 10.2 Å². The van der Waals surface area contributed by atoms with Crippen LogP contribution in [0.2, 0.25) is 10.0 Å². The molecular formula is C21H21Cl2N3O4S. The van der Waals surface area contributed by atoms with Gasteiger partial charge in [0.15, 0.2) is 0 Å². The Hall–Kier alpha value is -1.94. The standard InChI is InChI=1S/C21H21Cl2N3O4S/c1-11-4-15(16(22)6-19(11)29-8-13(24)7-27)21-26-25-20(31-21)12-2-3-18(17(23)5-12)30-14-9-28-10-14/h2-6,13-14,27H,7-10,24H2,1H3. The second-order valence-electron chi connectivity index (χ2n) is 7.19. The molecule has 1 atom stereocenters. The highest BCUT2D eigenvalue weighted by molar-refractivity contribution is 7.18. The van der Waals surface area contributed by atoms with Crippen LogP contribution in [-0.2, 0) is 4.74 Å². The summed E-state index contributed by atoms with van der Waals surface area (Å²) in [7, 11) is 0. The van der Waals surface area contributed by atoms with Gasteiger partial charge in [-0.25, -0.2) is 0 Å². The maximum absolute atomic E-state index is 9.05. The number of hydrogen-bond acceptors (Lipinski definition) is 8. The smallest absolute Gasteiger partial charge is 0.149 e. The molecule has 2 heterocycles. The second-order valence-corrected chi connectivity index (χ2v) is 8.98. The summed E-state index contributed by atoms with van der Waals surface area (Å²) in [5, 5.41) is 20.1. The molecule has 1 aliphatic heterocycles. The van der Waals surface area contributed by atoms with Crippen LogP contribution in [0.5, 0.6) is 11.5 Å². The number of aryl methyl sites for hydroxylation is 1. The zero-order chi connectivity index (χ0) is 22.0. The third-order valence-electron chi connectivity index (χ3n) is 4.69. The first kappa shape index (κ1) is 22.3. The maximum atomic E-state index is 9.05. The molecule has 4 rings (SSSR count). The summed E-state index contributed by atoms with van der Waals surface area (Å²) < 4.78 is 16.6. The quantitative estimate of drug-likeness (QED) is 0.501. The van der Waals surface area contributed by atoms with Gasteiger partial charge in [0.05, 0.1) is 35.9 Å². The van der Waals surface area contributed by atoms with Gasteiger partial charge in [0.2, 0.25) is 0 Å². The van der Waals surface area contributed by atoms with Crippen LogP contribution >= 0.6 is 34.5 Å². The molecule has 0 saturated carbocycles. The Bertz CT molecular complexity index is 1070. The minimum atomic E-state index is -0.450. The van der Waals surface area contributed by atoms with E-state index in [2.05, 4.69) is 10.2 Å². The van der Waals surface area contributed by atoms with Crippen LogP contribution in [0.15, 0.2) is 30.3 Å². The molecule has 1 saturated heterocycles. The number of ether oxygens (including phenoxy) is 3. The number of halogens is 2. The Morgan fingerprint density at radius 2 is 1.94 bits per heavy atom. The largest absolute Gasteiger partial charge is 0.492 e. The number of aliphatic hydroxyl groups excluding tert-OH is 1. The highest BCUT2D eigenvalue weighted by Gasteiger charge is 2.22. The fourth-order valence-corrected chi connectivity index (χ4v) is 4.27. The van der Waals surface area contributed by atoms with Crippen molar-refractivity contribution in [2.24, 2.45) is 5.73 Å². The lowest BCUT2D eigenvalue weighted by molar-refractivity contribution is -0.0796. The molecule has 0 spiro atoms. The van der Waals surface area contributed by atoms with E-state index in [1.807, 2.05) is 31.2 Å². The van der Waals surface area contributed by atoms with Crippen molar-refractivity contribution < 1.29 is 19.3 Å². The molecule has 0 amide bonds. The van der Waals surface area contributed by atoms with Gasteiger partial charge in [-0.05, 0) is 42.8 Å². The summed E-state index contributed by atoms with van der Waals surface area (Å²) in [5.41, 5.74) is 8.18. The van der Waals surface area contributed by atoms with E-state index < -0.39 is 6.04 Å². The van der Waals surface area contributed by atoms with Gasteiger partial charge in [0.1, 0.15) is 34.2 Å². The van der Waals surface area contributed by atoms with Crippen LogP contribution in [0.4, 0.5) is 0 Å². The van der Waals surface area contributed by atoms with E-state index in [4.69, 9.17) is 48.3 Å². The highest BCUT2D eigenvalue weighted by atomic mass is 35.5. The van der Waals surface area contributed by atoms with Crippen molar-refractivity contribution >= 4 is 34.5 Å². The van der Waals surface area contributed by atoms with Crippen molar-refractivity contribution in [3.05, 3.63) is 45.9 Å². The number of nitrogens with zero attached hydrogens (tertiary/aromatic N) is 2. The number of nitrogens with two attached hydrogens (primary N) is 1. The lowest BCUT2D eigenvalue weighted by Gasteiger charge is -2.27. The number of benzene rings is 2. The molecule has 0 bridgehead atoms. The summed E-state index contributed by atoms with van der Waals surface area (Å²) in [6.45, 7) is 3.12. The SMILES string of the molecule is Cc1cc(-c2nnc(-c3ccc(OC4COC4)c(Cl)c3)s2)c(Cl)cc1OCC(N)CO. The van der Waals surface area contributed by atoms with Crippen LogP contribution in [0.1, 0.15) is 5.56 Å². The molecule has 1 aromatic heterocycles. The fourth-order valence-electron chi connectivity index (χ4n) is 2.87. The molecule has 164 valence electrons. The molecule has 0 radical (unpaired) electrons. The molecule has 1 aliphatic rings. The monoisotopic (exact) mass is 481 g/mol. The molecule has 2 aromatic carbocycles. The summed E-state index contributed by atoms with van der Waals surface area (Å²) >= 11 is 14.3. The Morgan fingerprint density at radius 1 is 1.16 bits per heavy atom. The topological polar surface area (TPSA) is 99.7 Å². The molecule has 10 heteroatoms. The normalized spacial score (nSPS) is 14.9. The highest BCUT2D eigenvalue weighted by Crippen LogP contribution is 2.39. The lowest BCUT2D eigenvalue weighted by atomic mass is 10.1. The predicted molar refractivity (Wildman–Crippen MR) is 121 cm³/mol. The van der Waals surface area contributed by atoms with E-state index in [-0.39, 0.29) is 19.3 Å². The van der Waals surface area contributed by atoms with Crippen molar-refractivity contribution in [2.45, 2.75) is 19.1 Å². The number of aromatic nitrogens is 2. The summed E-state index contributed by atoms with van der Waals surface area (Å²) in [4.78, 5) is 0. The maximum Gasteiger partial charge on any atom is 0.149 e. The van der Waals surface area contributed by atoms with Crippen molar-refractivity contribution in [3.8, 4) is 32.6 Å². The van der Waals surface area contributed by atoms with Crippen LogP contribution in [-0.4, -0.2) is 53.9 Å². The first-order valence-electron chi connectivity index (χ1n) is 9.62. The van der Waals surface area contributed by atoms with Crippen molar-refractivity contribution in [2.75, 3.05) is 26.4 Å². The van der Waals surface area contributed by atoms with Gasteiger partial charge >= 0.3 is 0 Å². The van der Waals surface area contributed by atoms with E-state index in [9.17, 15) is 0 Å². The third kappa shape index (κ3) is 5.11. The van der Waals surface area contributed by atoms with E-state index in [1.165, 1.54) is 11.3 Å². The predicted octanol–water partition coefficient (Wildman–Crippen LogP) is 3.96. The van der Waals surface area contributed by atoms with E-state index in [0.717, 1.165) is 21.7 Å². The van der Waals surface area contributed by atoms with Crippen LogP contribution in [0.25, 0.3) is 21.1 Å². The van der Waals surface area contributed by atoms with Crippen molar-refractivity contribution in [3.63, 3.8) is 0 Å². The van der Waals surface area contributed by atoms with E-state index in [1.54, 1.807) is 6.07 Å². The zero-order valence-electron chi connectivity index (χ0n) is 16.7. The number of aliphatic hydroxyl groups is 1. The molecule has 3 N–H and O–H groups in total. The Labute approximate surface area is 193 Å². The zero-order valence-corrected chi connectivity index (χ0v) is 19.0. The molecule has 3 aromatic rings. The van der Waals surface area contributed by atoms with Crippen molar-refractivity contribution in [1.29, 1.82) is 0 Å². The van der Waals surface area contributed by atoms with Gasteiger partial charge in [0.25, 0.3) is 0 Å². The van der Waals surface area contributed by atoms with Gasteiger partial charge in [-0.15, -0.1) is 10.2 Å². The molecule has 1 fully saturated rings. The minimum absolute atomic E-state index is 0.0493. The summed E-state index contributed by atoms with van der Waals surface area (Å²) in [5.74, 6) is 1.24. The first-order chi connectivity index (χ1) is 14.9. The average molecular weight is 482 g/mol. The van der Waals surface area contributed by atoms with Gasteiger partial charge < -0.3 is 25.1 Å². The van der Waals surface area contributed by atoms with Crippen LogP contribution < -0.4 is 15.2 Å². The molecule has 7 nitrogen and oxygen atoms in total. The second kappa shape index (κ2) is 9.68. The Morgan fingerprint density at radius 3 is 2.61 bits per heavy atom. The first-order valence-corrected chi connectivity index (χ1v) is 11.2. The van der Waals surface area contributed by atoms with Gasteiger partial charge in [-0.1, -0.05) is 34.5 Å². The summed E-state index contributed by atoms with van der Waals surface area (Å²) in [6, 6.07) is 8.72. The number of hydrogen-bond donors (Lipinski definition) is 2. The van der Waals surface area contributed by atoms with Gasteiger partial charge in [0, 0.05) is 11.1 Å². The van der Waals surface area contributed by atoms with Crippen LogP contribution in [0, 0.1) is 6.92 Å². The molecular weight excluding hydrogens is 461 g/mol. The Balaban J connectivity index is 1.53. The lowest BCUT2D eigenvalue weighted by Crippen LogP contribution is -2.38. The Kier molecular flexibility index (Phi) is 6.95. The van der Waals surface area contributed by atoms with E-state index in [0.29, 0.717) is 39.8 Å². The summed E-state index contributed by atoms with van der Waals surface area (Å²) in [6.07, 6.45) is 0.0493. The van der Waals surface area contributed by atoms with E-state index >= 15 is 0 Å². The third-order valence-corrected chi connectivity index (χ3v) is 6.30. The van der Waals surface area contributed by atoms with Crippen LogP contribution in [0.3, 0.4) is 0 Å². The molecule has 0 aliphatic carbocycles. The molecule has 1 unspecified atom stereocenters. The fraction of sp³-hybridized carbons (Fsp3) is 0.333. The minimum Gasteiger partial charge on any atom is -0.492 e. The average Bonchev–Trinajstić information content (AvgIpc) is 3.21. The number of rotatable bonds is 8. The van der Waals surface area contributed by atoms with Gasteiger partial charge in [-0.3, -0.25) is 0 Å². The van der Waals surface area contributed by atoms with Gasteiger partial charge in [-0.2, -0.15) is 0 Å².